The van der Waals surface area contributed by atoms with Gasteiger partial charge < -0.3 is 9.13 Å². The fourth-order valence-electron chi connectivity index (χ4n) is 7.58. The third kappa shape index (κ3) is 5.12. The molecule has 0 N–H and O–H groups in total. The summed E-state index contributed by atoms with van der Waals surface area (Å²) in [7, 11) is 0. The zero-order valence-electron chi connectivity index (χ0n) is 28.4. The van der Waals surface area contributed by atoms with Crippen LogP contribution >= 0.6 is 0 Å². The van der Waals surface area contributed by atoms with Crippen LogP contribution in [-0.4, -0.2) is 9.13 Å². The van der Waals surface area contributed by atoms with Gasteiger partial charge in [0.05, 0.1) is 44.6 Å². The fourth-order valence-corrected chi connectivity index (χ4v) is 7.58. The average Bonchev–Trinajstić information content (AvgIpc) is 3.57. The third-order valence-electron chi connectivity index (χ3n) is 9.81. The quantitative estimate of drug-likeness (QED) is 0.169. The van der Waals surface area contributed by atoms with E-state index >= 15 is 0 Å². The van der Waals surface area contributed by atoms with E-state index in [-0.39, 0.29) is 22.5 Å². The van der Waals surface area contributed by atoms with Gasteiger partial charge in [-0.25, -0.2) is 0 Å². The minimum atomic E-state index is -5.12. The summed E-state index contributed by atoms with van der Waals surface area (Å²) in [6.07, 6.45) is -10.2. The molecule has 0 unspecified atom stereocenters. The van der Waals surface area contributed by atoms with Crippen molar-refractivity contribution in [2.24, 2.45) is 0 Å². The lowest BCUT2D eigenvalue weighted by Gasteiger charge is -2.22. The molecule has 0 saturated carbocycles. The lowest BCUT2D eigenvalue weighted by molar-refractivity contribution is -0.142. The molecule has 0 saturated heterocycles. The molecule has 0 atom stereocenters. The lowest BCUT2D eigenvalue weighted by atomic mass is 9.91. The van der Waals surface area contributed by atoms with Crippen molar-refractivity contribution in [1.82, 2.24) is 9.13 Å². The van der Waals surface area contributed by atoms with Crippen LogP contribution in [0.1, 0.15) is 38.9 Å². The van der Waals surface area contributed by atoms with E-state index in [4.69, 9.17) is 0 Å². The van der Waals surface area contributed by atoms with Crippen LogP contribution in [-0.2, 0) is 12.4 Å². The van der Waals surface area contributed by atoms with Crippen LogP contribution in [0.3, 0.4) is 0 Å². The molecule has 3 nitrogen and oxygen atoms in total. The van der Waals surface area contributed by atoms with Gasteiger partial charge in [0, 0.05) is 27.1 Å². The number of hydrogen-bond acceptors (Lipinski definition) is 1. The second kappa shape index (κ2) is 11.5. The molecule has 0 spiro atoms. The van der Waals surface area contributed by atoms with Crippen molar-refractivity contribution in [2.75, 3.05) is 0 Å². The second-order valence-electron chi connectivity index (χ2n) is 13.5. The van der Waals surface area contributed by atoms with Crippen LogP contribution in [0.25, 0.3) is 66.1 Å². The molecule has 8 aromatic rings. The normalized spacial score (nSPS) is 12.4. The van der Waals surface area contributed by atoms with Gasteiger partial charge in [-0.05, 0) is 106 Å². The minimum absolute atomic E-state index is 0.0849. The highest BCUT2D eigenvalue weighted by Gasteiger charge is 2.41. The van der Waals surface area contributed by atoms with Gasteiger partial charge >= 0.3 is 12.4 Å². The topological polar surface area (TPSA) is 33.6 Å². The zero-order chi connectivity index (χ0) is 36.9. The standard InChI is InChI=1S/C43H29F6N3/c1-23-8-12-35-28(16-23)29-17-24(2)9-13-36(29)51(35)39-20-27(41-33(42(44,45)46)6-5-7-34(41)43(47,48)49)21-40(32(39)22-50)52-37-14-10-25(3)18-30(37)31-19-26(4)11-15-38(31)52/h5-21H,1-4H3. The molecular weight excluding hydrogens is 672 g/mol. The first-order valence-corrected chi connectivity index (χ1v) is 16.5. The van der Waals surface area contributed by atoms with E-state index in [0.29, 0.717) is 34.2 Å². The molecule has 0 aliphatic heterocycles. The van der Waals surface area contributed by atoms with Crippen molar-refractivity contribution < 1.29 is 26.3 Å². The molecule has 9 heteroatoms. The summed E-state index contributed by atoms with van der Waals surface area (Å²) in [6, 6.07) is 30.0. The molecule has 52 heavy (non-hydrogen) atoms. The molecule has 0 aliphatic rings. The Kier molecular flexibility index (Phi) is 7.33. The van der Waals surface area contributed by atoms with Crippen molar-refractivity contribution in [1.29, 1.82) is 5.26 Å². The average molecular weight is 702 g/mol. The van der Waals surface area contributed by atoms with Crippen molar-refractivity contribution in [3.63, 3.8) is 0 Å². The van der Waals surface area contributed by atoms with Crippen LogP contribution in [0, 0.1) is 39.0 Å². The van der Waals surface area contributed by atoms with Crippen LogP contribution in [0.2, 0.25) is 0 Å². The Bertz CT molecular complexity index is 2530. The Balaban J connectivity index is 1.62. The lowest BCUT2D eigenvalue weighted by Crippen LogP contribution is -2.15. The Labute approximate surface area is 294 Å². The maximum Gasteiger partial charge on any atom is 0.417 e. The number of benzene rings is 6. The molecule has 0 bridgehead atoms. The van der Waals surface area contributed by atoms with Crippen molar-refractivity contribution in [3.8, 4) is 28.6 Å². The molecule has 0 aliphatic carbocycles. The van der Waals surface area contributed by atoms with Gasteiger partial charge in [-0.2, -0.15) is 31.6 Å². The summed E-state index contributed by atoms with van der Waals surface area (Å²) in [5.41, 5.74) is 2.68. The maximum atomic E-state index is 14.7. The number of hydrogen-bond donors (Lipinski definition) is 0. The smallest absolute Gasteiger partial charge is 0.308 e. The number of nitriles is 1. The van der Waals surface area contributed by atoms with Gasteiger partial charge in [-0.1, -0.05) is 52.6 Å². The first kappa shape index (κ1) is 33.2. The SMILES string of the molecule is Cc1ccc2c(c1)c1cc(C)ccc1n2-c1cc(-c2c(C(F)(F)F)cccc2C(F)(F)F)cc(-n2c3ccc(C)cc3c3cc(C)ccc32)c1C#N. The van der Waals surface area contributed by atoms with Gasteiger partial charge in [0.15, 0.2) is 0 Å². The van der Waals surface area contributed by atoms with Crippen LogP contribution in [0.15, 0.2) is 103 Å². The van der Waals surface area contributed by atoms with E-state index in [1.54, 1.807) is 9.13 Å². The van der Waals surface area contributed by atoms with E-state index in [9.17, 15) is 31.6 Å². The van der Waals surface area contributed by atoms with Crippen LogP contribution in [0.4, 0.5) is 26.3 Å². The monoisotopic (exact) mass is 701 g/mol. The summed E-state index contributed by atoms with van der Waals surface area (Å²) in [4.78, 5) is 0. The first-order chi connectivity index (χ1) is 24.7. The number of rotatable bonds is 3. The van der Waals surface area contributed by atoms with Gasteiger partial charge in [-0.3, -0.25) is 0 Å². The second-order valence-corrected chi connectivity index (χ2v) is 13.5. The third-order valence-corrected chi connectivity index (χ3v) is 9.81. The van der Waals surface area contributed by atoms with Gasteiger partial charge in [0.1, 0.15) is 11.6 Å². The predicted octanol–water partition coefficient (Wildman–Crippen LogP) is 12.7. The molecular formula is C43H29F6N3. The van der Waals surface area contributed by atoms with Crippen molar-refractivity contribution in [3.05, 3.63) is 142 Å². The molecule has 0 fully saturated rings. The summed E-state index contributed by atoms with van der Waals surface area (Å²) >= 11 is 0. The summed E-state index contributed by atoms with van der Waals surface area (Å²) in [6.45, 7) is 7.76. The highest BCUT2D eigenvalue weighted by molar-refractivity contribution is 6.11. The highest BCUT2D eigenvalue weighted by atomic mass is 19.4. The molecule has 8 rings (SSSR count). The Morgan fingerprint density at radius 3 is 1.10 bits per heavy atom. The zero-order valence-corrected chi connectivity index (χ0v) is 28.4. The number of nitrogens with zero attached hydrogens (tertiary/aromatic N) is 3. The fraction of sp³-hybridized carbons (Fsp3) is 0.140. The Morgan fingerprint density at radius 2 is 0.808 bits per heavy atom. The first-order valence-electron chi connectivity index (χ1n) is 16.5. The molecule has 2 heterocycles. The number of alkyl halides is 6. The van der Waals surface area contributed by atoms with E-state index in [1.165, 1.54) is 12.1 Å². The molecule has 258 valence electrons. The predicted molar refractivity (Wildman–Crippen MR) is 194 cm³/mol. The van der Waals surface area contributed by atoms with E-state index in [2.05, 4.69) is 6.07 Å². The van der Waals surface area contributed by atoms with Crippen molar-refractivity contribution >= 4 is 43.6 Å². The minimum Gasteiger partial charge on any atom is -0.308 e. The summed E-state index contributed by atoms with van der Waals surface area (Å²) < 4.78 is 92.1. The summed E-state index contributed by atoms with van der Waals surface area (Å²) in [5.74, 6) is 0. The number of aryl methyl sites for hydroxylation is 4. The number of fused-ring (bicyclic) bond motifs is 6. The molecule has 6 aromatic carbocycles. The highest BCUT2D eigenvalue weighted by Crippen LogP contribution is 2.47. The van der Waals surface area contributed by atoms with Crippen molar-refractivity contribution in [2.45, 2.75) is 40.0 Å². The Morgan fingerprint density at radius 1 is 0.481 bits per heavy atom. The molecule has 0 radical (unpaired) electrons. The van der Waals surface area contributed by atoms with E-state index in [1.807, 2.05) is 100 Å². The largest absolute Gasteiger partial charge is 0.417 e. The summed E-state index contributed by atoms with van der Waals surface area (Å²) in [5, 5.41) is 14.4. The van der Waals surface area contributed by atoms with Gasteiger partial charge in [-0.15, -0.1) is 0 Å². The van der Waals surface area contributed by atoms with Crippen LogP contribution < -0.4 is 0 Å². The van der Waals surface area contributed by atoms with E-state index < -0.39 is 29.0 Å². The maximum absolute atomic E-state index is 14.7. The Hall–Kier alpha value is -6.01. The number of aromatic nitrogens is 2. The van der Waals surface area contributed by atoms with Crippen LogP contribution in [0.5, 0.6) is 0 Å². The van der Waals surface area contributed by atoms with Gasteiger partial charge in [0.25, 0.3) is 0 Å². The van der Waals surface area contributed by atoms with Gasteiger partial charge in [0.2, 0.25) is 0 Å². The molecule has 2 aromatic heterocycles. The number of halogens is 6. The molecule has 0 amide bonds. The van der Waals surface area contributed by atoms with E-state index in [0.717, 1.165) is 49.9 Å².